The molecule has 1 heterocycles. The van der Waals surface area contributed by atoms with Crippen LogP contribution in [0.4, 0.5) is 0 Å². The molecule has 15 heavy (non-hydrogen) atoms. The molecule has 86 valence electrons. The molecule has 0 spiro atoms. The molecule has 1 saturated heterocycles. The van der Waals surface area contributed by atoms with Crippen molar-refractivity contribution in [2.75, 3.05) is 6.54 Å². The third-order valence-corrected chi connectivity index (χ3v) is 3.07. The topological polar surface area (TPSA) is 63.4 Å². The van der Waals surface area contributed by atoms with E-state index in [1.807, 2.05) is 6.92 Å². The largest absolute Gasteiger partial charge is 0.369 e. The number of amides is 2. The van der Waals surface area contributed by atoms with E-state index in [1.165, 1.54) is 0 Å². The number of hydrogen-bond donors (Lipinski definition) is 1. The first kappa shape index (κ1) is 12.0. The number of carbonyl (C=O) groups excluding carboxylic acids is 2. The molecule has 0 aliphatic carbocycles. The van der Waals surface area contributed by atoms with E-state index in [1.54, 1.807) is 4.90 Å². The second-order valence-electron chi connectivity index (χ2n) is 4.34. The zero-order valence-corrected chi connectivity index (χ0v) is 9.53. The first-order valence-electron chi connectivity index (χ1n) is 5.65. The van der Waals surface area contributed by atoms with Crippen LogP contribution in [-0.4, -0.2) is 29.3 Å². The molecule has 0 aromatic carbocycles. The number of nitrogens with zero attached hydrogens (tertiary/aromatic N) is 1. The van der Waals surface area contributed by atoms with Gasteiger partial charge in [0.25, 0.3) is 0 Å². The van der Waals surface area contributed by atoms with Gasteiger partial charge >= 0.3 is 0 Å². The van der Waals surface area contributed by atoms with E-state index < -0.39 is 0 Å². The Morgan fingerprint density at radius 3 is 2.80 bits per heavy atom. The van der Waals surface area contributed by atoms with Crippen LogP contribution >= 0.6 is 0 Å². The fourth-order valence-corrected chi connectivity index (χ4v) is 2.00. The Morgan fingerprint density at radius 2 is 2.33 bits per heavy atom. The lowest BCUT2D eigenvalue weighted by atomic mass is 10.1. The highest BCUT2D eigenvalue weighted by Gasteiger charge is 2.35. The van der Waals surface area contributed by atoms with Crippen molar-refractivity contribution in [3.63, 3.8) is 0 Å². The van der Waals surface area contributed by atoms with Gasteiger partial charge in [-0.05, 0) is 13.3 Å². The number of carbonyl (C=O) groups is 2. The maximum Gasteiger partial charge on any atom is 0.223 e. The van der Waals surface area contributed by atoms with Crippen molar-refractivity contribution in [1.29, 1.82) is 0 Å². The zero-order valence-electron chi connectivity index (χ0n) is 9.53. The van der Waals surface area contributed by atoms with Gasteiger partial charge in [-0.2, -0.15) is 0 Å². The average molecular weight is 212 g/mol. The minimum absolute atomic E-state index is 0.0717. The van der Waals surface area contributed by atoms with E-state index in [0.717, 1.165) is 19.3 Å². The maximum absolute atomic E-state index is 11.6. The molecule has 4 heteroatoms. The van der Waals surface area contributed by atoms with Gasteiger partial charge in [0, 0.05) is 19.0 Å². The molecule has 1 aliphatic rings. The molecule has 4 nitrogen and oxygen atoms in total. The zero-order chi connectivity index (χ0) is 11.4. The Labute approximate surface area is 90.8 Å². The van der Waals surface area contributed by atoms with Crippen LogP contribution in [0.2, 0.25) is 0 Å². The second kappa shape index (κ2) is 5.14. The molecule has 1 rings (SSSR count). The molecular weight excluding hydrogens is 192 g/mol. The SMILES string of the molecule is CCCCC(C)N1CC(C(N)=O)CC1=O. The summed E-state index contributed by atoms with van der Waals surface area (Å²) in [5.41, 5.74) is 5.20. The highest BCUT2D eigenvalue weighted by molar-refractivity contribution is 5.88. The standard InChI is InChI=1S/C11H20N2O2/c1-3-4-5-8(2)13-7-9(11(12)15)6-10(13)14/h8-9H,3-7H2,1-2H3,(H2,12,15). The van der Waals surface area contributed by atoms with Crippen molar-refractivity contribution >= 4 is 11.8 Å². The van der Waals surface area contributed by atoms with Crippen LogP contribution in [0, 0.1) is 5.92 Å². The molecular formula is C11H20N2O2. The van der Waals surface area contributed by atoms with Crippen molar-refractivity contribution in [3.05, 3.63) is 0 Å². The number of unbranched alkanes of at least 4 members (excludes halogenated alkanes) is 1. The number of likely N-dealkylation sites (tertiary alicyclic amines) is 1. The molecule has 1 aliphatic heterocycles. The average Bonchev–Trinajstić information content (AvgIpc) is 2.57. The van der Waals surface area contributed by atoms with E-state index in [9.17, 15) is 9.59 Å². The molecule has 0 bridgehead atoms. The van der Waals surface area contributed by atoms with Crippen molar-refractivity contribution in [2.45, 2.75) is 45.6 Å². The Kier molecular flexibility index (Phi) is 4.12. The highest BCUT2D eigenvalue weighted by Crippen LogP contribution is 2.21. The second-order valence-corrected chi connectivity index (χ2v) is 4.34. The summed E-state index contributed by atoms with van der Waals surface area (Å²) < 4.78 is 0. The van der Waals surface area contributed by atoms with Gasteiger partial charge in [0.1, 0.15) is 0 Å². The summed E-state index contributed by atoms with van der Waals surface area (Å²) in [4.78, 5) is 24.4. The monoisotopic (exact) mass is 212 g/mol. The summed E-state index contributed by atoms with van der Waals surface area (Å²) in [7, 11) is 0. The maximum atomic E-state index is 11.6. The molecule has 2 N–H and O–H groups in total. The predicted molar refractivity (Wildman–Crippen MR) is 58.0 cm³/mol. The van der Waals surface area contributed by atoms with Gasteiger partial charge in [0.2, 0.25) is 11.8 Å². The molecule has 2 amide bonds. The smallest absolute Gasteiger partial charge is 0.223 e. The first-order chi connectivity index (χ1) is 7.06. The fourth-order valence-electron chi connectivity index (χ4n) is 2.00. The van der Waals surface area contributed by atoms with E-state index in [-0.39, 0.29) is 23.8 Å². The number of rotatable bonds is 5. The quantitative estimate of drug-likeness (QED) is 0.736. The van der Waals surface area contributed by atoms with E-state index in [2.05, 4.69) is 6.92 Å². The van der Waals surface area contributed by atoms with Gasteiger partial charge in [-0.25, -0.2) is 0 Å². The van der Waals surface area contributed by atoms with Crippen molar-refractivity contribution in [3.8, 4) is 0 Å². The third kappa shape index (κ3) is 2.94. The predicted octanol–water partition coefficient (Wildman–Crippen LogP) is 0.899. The third-order valence-electron chi connectivity index (χ3n) is 3.07. The van der Waals surface area contributed by atoms with Crippen LogP contribution in [0.1, 0.15) is 39.5 Å². The molecule has 2 unspecified atom stereocenters. The normalized spacial score (nSPS) is 23.2. The molecule has 2 atom stereocenters. The van der Waals surface area contributed by atoms with Crippen LogP contribution in [0.15, 0.2) is 0 Å². The van der Waals surface area contributed by atoms with Gasteiger partial charge in [-0.3, -0.25) is 9.59 Å². The summed E-state index contributed by atoms with van der Waals surface area (Å²) in [6.45, 7) is 4.68. The van der Waals surface area contributed by atoms with Gasteiger partial charge < -0.3 is 10.6 Å². The Morgan fingerprint density at radius 1 is 1.67 bits per heavy atom. The summed E-state index contributed by atoms with van der Waals surface area (Å²) in [5, 5.41) is 0. The molecule has 1 fully saturated rings. The van der Waals surface area contributed by atoms with E-state index >= 15 is 0 Å². The summed E-state index contributed by atoms with van der Waals surface area (Å²) in [6, 6.07) is 0.238. The van der Waals surface area contributed by atoms with E-state index in [0.29, 0.717) is 13.0 Å². The van der Waals surface area contributed by atoms with Crippen LogP contribution in [-0.2, 0) is 9.59 Å². The lowest BCUT2D eigenvalue weighted by Crippen LogP contribution is -2.35. The van der Waals surface area contributed by atoms with Gasteiger partial charge in [0.15, 0.2) is 0 Å². The lowest BCUT2D eigenvalue weighted by molar-refractivity contribution is -0.130. The molecule has 0 aromatic heterocycles. The van der Waals surface area contributed by atoms with Crippen molar-refractivity contribution < 1.29 is 9.59 Å². The first-order valence-corrected chi connectivity index (χ1v) is 5.65. The Balaban J connectivity index is 2.49. The Bertz CT molecular complexity index is 253. The van der Waals surface area contributed by atoms with Gasteiger partial charge in [-0.1, -0.05) is 19.8 Å². The van der Waals surface area contributed by atoms with Crippen molar-refractivity contribution in [1.82, 2.24) is 4.90 Å². The number of hydrogen-bond acceptors (Lipinski definition) is 2. The van der Waals surface area contributed by atoms with Gasteiger partial charge in [-0.15, -0.1) is 0 Å². The Hall–Kier alpha value is -1.06. The van der Waals surface area contributed by atoms with Crippen LogP contribution in [0.5, 0.6) is 0 Å². The van der Waals surface area contributed by atoms with Crippen molar-refractivity contribution in [2.24, 2.45) is 11.7 Å². The lowest BCUT2D eigenvalue weighted by Gasteiger charge is -2.24. The van der Waals surface area contributed by atoms with Crippen LogP contribution < -0.4 is 5.73 Å². The summed E-state index contributed by atoms with van der Waals surface area (Å²) >= 11 is 0. The minimum Gasteiger partial charge on any atom is -0.369 e. The highest BCUT2D eigenvalue weighted by atomic mass is 16.2. The summed E-state index contributed by atoms with van der Waals surface area (Å²) in [5.74, 6) is -0.558. The minimum atomic E-state index is -0.353. The molecule has 0 radical (unpaired) electrons. The van der Waals surface area contributed by atoms with Gasteiger partial charge in [0.05, 0.1) is 5.92 Å². The molecule has 0 aromatic rings. The molecule has 0 saturated carbocycles. The number of primary amides is 1. The van der Waals surface area contributed by atoms with E-state index in [4.69, 9.17) is 5.73 Å². The van der Waals surface area contributed by atoms with Crippen LogP contribution in [0.25, 0.3) is 0 Å². The summed E-state index contributed by atoms with van der Waals surface area (Å²) in [6.07, 6.45) is 3.55. The van der Waals surface area contributed by atoms with Crippen LogP contribution in [0.3, 0.4) is 0 Å². The fraction of sp³-hybridized carbons (Fsp3) is 0.818. The number of nitrogens with two attached hydrogens (primary N) is 1.